The van der Waals surface area contributed by atoms with Crippen LogP contribution in [0.2, 0.25) is 0 Å². The molecular formula is C13H18N2O3S. The standard InChI is InChI=1S/C13H18N2O3S/c1-11(16)12-5-7-13(8-6-12)14-19(17,18)15-9-3-2-4-10-15/h5-8,14H,2-4,9-10H2,1H3. The van der Waals surface area contributed by atoms with Gasteiger partial charge in [0.1, 0.15) is 0 Å². The van der Waals surface area contributed by atoms with Crippen LogP contribution in [0.3, 0.4) is 0 Å². The van der Waals surface area contributed by atoms with Crippen molar-refractivity contribution in [3.05, 3.63) is 29.8 Å². The summed E-state index contributed by atoms with van der Waals surface area (Å²) < 4.78 is 28.3. The van der Waals surface area contributed by atoms with Crippen LogP contribution in [0, 0.1) is 0 Å². The molecule has 0 spiro atoms. The highest BCUT2D eigenvalue weighted by Gasteiger charge is 2.23. The molecule has 1 aromatic rings. The largest absolute Gasteiger partial charge is 0.301 e. The molecule has 1 fully saturated rings. The van der Waals surface area contributed by atoms with Crippen molar-refractivity contribution in [3.63, 3.8) is 0 Å². The molecule has 2 rings (SSSR count). The molecule has 1 aliphatic heterocycles. The van der Waals surface area contributed by atoms with Crippen molar-refractivity contribution in [2.24, 2.45) is 0 Å². The number of rotatable bonds is 4. The van der Waals surface area contributed by atoms with E-state index >= 15 is 0 Å². The van der Waals surface area contributed by atoms with Crippen LogP contribution in [-0.4, -0.2) is 31.6 Å². The van der Waals surface area contributed by atoms with Gasteiger partial charge in [0.15, 0.2) is 5.78 Å². The Labute approximate surface area is 113 Å². The van der Waals surface area contributed by atoms with Gasteiger partial charge >= 0.3 is 10.2 Å². The second-order valence-electron chi connectivity index (χ2n) is 4.70. The lowest BCUT2D eigenvalue weighted by molar-refractivity contribution is 0.101. The van der Waals surface area contributed by atoms with Crippen molar-refractivity contribution >= 4 is 21.7 Å². The van der Waals surface area contributed by atoms with E-state index in [0.29, 0.717) is 24.3 Å². The zero-order valence-electron chi connectivity index (χ0n) is 10.9. The maximum atomic E-state index is 12.1. The minimum absolute atomic E-state index is 0.0366. The SMILES string of the molecule is CC(=O)c1ccc(NS(=O)(=O)N2CCCCC2)cc1. The van der Waals surface area contributed by atoms with Crippen LogP contribution in [0.5, 0.6) is 0 Å². The Morgan fingerprint density at radius 3 is 2.21 bits per heavy atom. The Kier molecular flexibility index (Phi) is 4.21. The first-order valence-corrected chi connectivity index (χ1v) is 7.82. The van der Waals surface area contributed by atoms with Gasteiger partial charge < -0.3 is 0 Å². The fourth-order valence-corrected chi connectivity index (χ4v) is 3.39. The molecule has 0 amide bonds. The van der Waals surface area contributed by atoms with Crippen molar-refractivity contribution < 1.29 is 13.2 Å². The smallest absolute Gasteiger partial charge is 0.295 e. The van der Waals surface area contributed by atoms with Crippen LogP contribution in [0.25, 0.3) is 0 Å². The topological polar surface area (TPSA) is 66.5 Å². The number of piperidine rings is 1. The van der Waals surface area contributed by atoms with Gasteiger partial charge in [-0.3, -0.25) is 9.52 Å². The van der Waals surface area contributed by atoms with E-state index in [-0.39, 0.29) is 5.78 Å². The molecule has 0 unspecified atom stereocenters. The van der Waals surface area contributed by atoms with Crippen molar-refractivity contribution in [3.8, 4) is 0 Å². The molecule has 1 heterocycles. The lowest BCUT2D eigenvalue weighted by Gasteiger charge is -2.26. The molecule has 1 saturated heterocycles. The Morgan fingerprint density at radius 2 is 1.68 bits per heavy atom. The third-order valence-corrected chi connectivity index (χ3v) is 4.73. The van der Waals surface area contributed by atoms with Gasteiger partial charge in [-0.1, -0.05) is 6.42 Å². The highest BCUT2D eigenvalue weighted by molar-refractivity contribution is 7.90. The summed E-state index contributed by atoms with van der Waals surface area (Å²) in [4.78, 5) is 11.1. The van der Waals surface area contributed by atoms with Crippen molar-refractivity contribution in [1.29, 1.82) is 0 Å². The van der Waals surface area contributed by atoms with E-state index in [0.717, 1.165) is 19.3 Å². The molecule has 0 aliphatic carbocycles. The molecule has 0 atom stereocenters. The minimum atomic E-state index is -3.47. The van der Waals surface area contributed by atoms with Crippen LogP contribution >= 0.6 is 0 Å². The number of nitrogens with one attached hydrogen (secondary N) is 1. The number of hydrogen-bond donors (Lipinski definition) is 1. The summed E-state index contributed by atoms with van der Waals surface area (Å²) in [7, 11) is -3.47. The molecule has 0 aromatic heterocycles. The second kappa shape index (κ2) is 5.71. The lowest BCUT2D eigenvalue weighted by atomic mass is 10.1. The molecule has 19 heavy (non-hydrogen) atoms. The number of carbonyl (C=O) groups excluding carboxylic acids is 1. The molecule has 104 valence electrons. The molecular weight excluding hydrogens is 264 g/mol. The Hall–Kier alpha value is -1.40. The Morgan fingerprint density at radius 1 is 1.11 bits per heavy atom. The summed E-state index contributed by atoms with van der Waals surface area (Å²) in [5.41, 5.74) is 1.05. The Bertz CT molecular complexity index is 546. The summed E-state index contributed by atoms with van der Waals surface area (Å²) in [5.74, 6) is -0.0366. The van der Waals surface area contributed by atoms with Gasteiger partial charge in [-0.2, -0.15) is 12.7 Å². The van der Waals surface area contributed by atoms with Gasteiger partial charge in [-0.15, -0.1) is 0 Å². The van der Waals surface area contributed by atoms with Crippen molar-refractivity contribution in [2.45, 2.75) is 26.2 Å². The van der Waals surface area contributed by atoms with E-state index in [1.165, 1.54) is 11.2 Å². The van der Waals surface area contributed by atoms with E-state index in [1.54, 1.807) is 24.3 Å². The molecule has 0 saturated carbocycles. The molecule has 6 heteroatoms. The monoisotopic (exact) mass is 282 g/mol. The van der Waals surface area contributed by atoms with E-state index in [9.17, 15) is 13.2 Å². The van der Waals surface area contributed by atoms with Gasteiger partial charge in [-0.25, -0.2) is 0 Å². The number of benzene rings is 1. The maximum absolute atomic E-state index is 12.1. The van der Waals surface area contributed by atoms with E-state index < -0.39 is 10.2 Å². The maximum Gasteiger partial charge on any atom is 0.301 e. The summed E-state index contributed by atoms with van der Waals surface area (Å²) in [6, 6.07) is 6.46. The summed E-state index contributed by atoms with van der Waals surface area (Å²) >= 11 is 0. The van der Waals surface area contributed by atoms with E-state index in [1.807, 2.05) is 0 Å². The molecule has 1 aromatic carbocycles. The minimum Gasteiger partial charge on any atom is -0.295 e. The van der Waals surface area contributed by atoms with Crippen LogP contribution in [-0.2, 0) is 10.2 Å². The fourth-order valence-electron chi connectivity index (χ4n) is 2.09. The van der Waals surface area contributed by atoms with E-state index in [4.69, 9.17) is 0 Å². The predicted octanol–water partition coefficient (Wildman–Crippen LogP) is 2.03. The number of nitrogens with zero attached hydrogens (tertiary/aromatic N) is 1. The molecule has 5 nitrogen and oxygen atoms in total. The summed E-state index contributed by atoms with van der Waals surface area (Å²) in [5, 5.41) is 0. The van der Waals surface area contributed by atoms with Crippen LogP contribution < -0.4 is 4.72 Å². The van der Waals surface area contributed by atoms with Crippen LogP contribution in [0.1, 0.15) is 36.5 Å². The zero-order chi connectivity index (χ0) is 13.9. The average Bonchev–Trinajstić information content (AvgIpc) is 2.40. The normalized spacial score (nSPS) is 17.1. The quantitative estimate of drug-likeness (QED) is 0.859. The van der Waals surface area contributed by atoms with E-state index in [2.05, 4.69) is 4.72 Å². The first-order valence-electron chi connectivity index (χ1n) is 6.38. The third-order valence-electron chi connectivity index (χ3n) is 3.19. The van der Waals surface area contributed by atoms with Crippen LogP contribution in [0.4, 0.5) is 5.69 Å². The molecule has 1 aliphatic rings. The van der Waals surface area contributed by atoms with Crippen molar-refractivity contribution in [1.82, 2.24) is 4.31 Å². The number of Topliss-reactive ketones (excluding diaryl/α,β-unsaturated/α-hetero) is 1. The highest BCUT2D eigenvalue weighted by atomic mass is 32.2. The molecule has 1 N–H and O–H groups in total. The first kappa shape index (κ1) is 14.0. The highest BCUT2D eigenvalue weighted by Crippen LogP contribution is 2.17. The molecule has 0 bridgehead atoms. The first-order chi connectivity index (χ1) is 8.99. The van der Waals surface area contributed by atoms with Gasteiger partial charge in [0.05, 0.1) is 0 Å². The summed E-state index contributed by atoms with van der Waals surface area (Å²) in [6.45, 7) is 2.62. The molecule has 0 radical (unpaired) electrons. The van der Waals surface area contributed by atoms with Crippen LogP contribution in [0.15, 0.2) is 24.3 Å². The zero-order valence-corrected chi connectivity index (χ0v) is 11.7. The van der Waals surface area contributed by atoms with Gasteiger partial charge in [0.2, 0.25) is 0 Å². The second-order valence-corrected chi connectivity index (χ2v) is 6.37. The summed E-state index contributed by atoms with van der Waals surface area (Å²) in [6.07, 6.45) is 2.90. The number of carbonyl (C=O) groups is 1. The number of hydrogen-bond acceptors (Lipinski definition) is 3. The fraction of sp³-hybridized carbons (Fsp3) is 0.462. The van der Waals surface area contributed by atoms with Gasteiger partial charge in [0.25, 0.3) is 0 Å². The van der Waals surface area contributed by atoms with Gasteiger partial charge in [-0.05, 0) is 44.0 Å². The number of anilines is 1. The third kappa shape index (κ3) is 3.54. The van der Waals surface area contributed by atoms with Crippen molar-refractivity contribution in [2.75, 3.05) is 17.8 Å². The van der Waals surface area contributed by atoms with Gasteiger partial charge in [0, 0.05) is 24.3 Å². The lowest BCUT2D eigenvalue weighted by Crippen LogP contribution is -2.39. The predicted molar refractivity (Wildman–Crippen MR) is 74.4 cm³/mol. The Balaban J connectivity index is 2.09. The number of ketones is 1. The average molecular weight is 282 g/mol.